The summed E-state index contributed by atoms with van der Waals surface area (Å²) in [6.45, 7) is 11.0. The van der Waals surface area contributed by atoms with Crippen molar-refractivity contribution in [3.63, 3.8) is 0 Å². The normalized spacial score (nSPS) is 13.3. The topological polar surface area (TPSA) is 38.4 Å². The van der Waals surface area contributed by atoms with Crippen molar-refractivity contribution in [2.45, 2.75) is 47.5 Å². The lowest BCUT2D eigenvalue weighted by atomic mass is 9.93. The van der Waals surface area contributed by atoms with Gasteiger partial charge in [-0.05, 0) is 49.3 Å². The predicted molar refractivity (Wildman–Crippen MR) is 90.6 cm³/mol. The van der Waals surface area contributed by atoms with E-state index in [-0.39, 0.29) is 0 Å². The molecule has 20 heavy (non-hydrogen) atoms. The minimum absolute atomic E-state index is 0.584. The van der Waals surface area contributed by atoms with Gasteiger partial charge in [0.1, 0.15) is 0 Å². The van der Waals surface area contributed by atoms with Crippen LogP contribution in [-0.2, 0) is 0 Å². The van der Waals surface area contributed by atoms with Crippen molar-refractivity contribution < 1.29 is 0 Å². The van der Waals surface area contributed by atoms with Gasteiger partial charge in [0.2, 0.25) is 0 Å². The molecule has 0 bridgehead atoms. The van der Waals surface area contributed by atoms with Crippen LogP contribution in [0, 0.1) is 11.8 Å². The third-order valence-corrected chi connectivity index (χ3v) is 3.14. The molecule has 0 unspecified atom stereocenters. The molecule has 0 amide bonds. The highest BCUT2D eigenvalue weighted by molar-refractivity contribution is 6.02. The molecule has 2 N–H and O–H groups in total. The predicted octanol–water partition coefficient (Wildman–Crippen LogP) is 5.38. The summed E-state index contributed by atoms with van der Waals surface area (Å²) in [5, 5.41) is 0. The number of hydrogen-bond acceptors (Lipinski definition) is 2. The molecule has 0 aromatic heterocycles. The van der Waals surface area contributed by atoms with Gasteiger partial charge in [0.15, 0.2) is 0 Å². The Morgan fingerprint density at radius 2 is 1.70 bits per heavy atom. The van der Waals surface area contributed by atoms with Gasteiger partial charge in [-0.1, -0.05) is 45.9 Å². The molecule has 1 rings (SSSR count). The van der Waals surface area contributed by atoms with E-state index in [9.17, 15) is 0 Å². The SMILES string of the molecule is C/C=C(CC(C)C)\C(CC(C)C)=N/c1ccccc1N. The molecule has 0 radical (unpaired) electrons. The largest absolute Gasteiger partial charge is 0.397 e. The average Bonchev–Trinajstić information content (AvgIpc) is 2.37. The van der Waals surface area contributed by atoms with Gasteiger partial charge < -0.3 is 5.73 Å². The molecule has 0 saturated heterocycles. The summed E-state index contributed by atoms with van der Waals surface area (Å²) in [5.74, 6) is 1.22. The number of nitrogens with zero attached hydrogens (tertiary/aromatic N) is 1. The maximum Gasteiger partial charge on any atom is 0.0862 e. The van der Waals surface area contributed by atoms with E-state index >= 15 is 0 Å². The van der Waals surface area contributed by atoms with Crippen molar-refractivity contribution in [2.75, 3.05) is 5.73 Å². The van der Waals surface area contributed by atoms with Crippen molar-refractivity contribution >= 4 is 17.1 Å². The van der Waals surface area contributed by atoms with Crippen molar-refractivity contribution in [1.29, 1.82) is 0 Å². The van der Waals surface area contributed by atoms with Crippen LogP contribution in [0.5, 0.6) is 0 Å². The Labute approximate surface area is 123 Å². The van der Waals surface area contributed by atoms with Crippen LogP contribution in [0.3, 0.4) is 0 Å². The lowest BCUT2D eigenvalue weighted by molar-refractivity contribution is 0.642. The summed E-state index contributed by atoms with van der Waals surface area (Å²) >= 11 is 0. The van der Waals surface area contributed by atoms with Crippen molar-refractivity contribution in [1.82, 2.24) is 0 Å². The molecule has 1 aromatic carbocycles. The summed E-state index contributed by atoms with van der Waals surface area (Å²) in [5.41, 5.74) is 10.2. The van der Waals surface area contributed by atoms with Crippen molar-refractivity contribution in [3.8, 4) is 0 Å². The molecule has 0 atom stereocenters. The molecule has 0 spiro atoms. The molecule has 0 heterocycles. The van der Waals surface area contributed by atoms with Crippen LogP contribution in [0.2, 0.25) is 0 Å². The number of para-hydroxylation sites is 2. The summed E-state index contributed by atoms with van der Waals surface area (Å²) in [6, 6.07) is 7.82. The van der Waals surface area contributed by atoms with Gasteiger partial charge in [-0.2, -0.15) is 0 Å². The van der Waals surface area contributed by atoms with E-state index in [0.717, 1.165) is 24.2 Å². The molecule has 2 nitrogen and oxygen atoms in total. The maximum atomic E-state index is 6.02. The second kappa shape index (κ2) is 7.88. The number of nitrogen functional groups attached to an aromatic ring is 1. The minimum atomic E-state index is 0.584. The Hall–Kier alpha value is -1.57. The zero-order chi connectivity index (χ0) is 15.1. The summed E-state index contributed by atoms with van der Waals surface area (Å²) in [7, 11) is 0. The molecular formula is C18H28N2. The average molecular weight is 272 g/mol. The van der Waals surface area contributed by atoms with Crippen LogP contribution < -0.4 is 5.73 Å². The van der Waals surface area contributed by atoms with Gasteiger partial charge in [0.25, 0.3) is 0 Å². The smallest absolute Gasteiger partial charge is 0.0862 e. The van der Waals surface area contributed by atoms with Gasteiger partial charge in [-0.3, -0.25) is 4.99 Å². The third-order valence-electron chi connectivity index (χ3n) is 3.14. The first-order chi connectivity index (χ1) is 9.43. The molecular weight excluding hydrogens is 244 g/mol. The highest BCUT2D eigenvalue weighted by Gasteiger charge is 2.11. The Bertz CT molecular complexity index is 482. The third kappa shape index (κ3) is 5.20. The first-order valence-electron chi connectivity index (χ1n) is 7.51. The van der Waals surface area contributed by atoms with E-state index in [1.165, 1.54) is 11.3 Å². The van der Waals surface area contributed by atoms with Crippen LogP contribution in [0.15, 0.2) is 40.9 Å². The second-order valence-corrected chi connectivity index (χ2v) is 6.13. The van der Waals surface area contributed by atoms with E-state index < -0.39 is 0 Å². The molecule has 0 saturated carbocycles. The molecule has 0 aliphatic carbocycles. The second-order valence-electron chi connectivity index (χ2n) is 6.13. The molecule has 0 aliphatic rings. The van der Waals surface area contributed by atoms with Gasteiger partial charge in [0.05, 0.1) is 11.4 Å². The molecule has 110 valence electrons. The van der Waals surface area contributed by atoms with Crippen LogP contribution in [-0.4, -0.2) is 5.71 Å². The van der Waals surface area contributed by atoms with Gasteiger partial charge >= 0.3 is 0 Å². The number of nitrogens with two attached hydrogens (primary N) is 1. The number of allylic oxidation sites excluding steroid dienone is 2. The van der Waals surface area contributed by atoms with E-state index in [2.05, 4.69) is 40.7 Å². The first-order valence-corrected chi connectivity index (χ1v) is 7.51. The quantitative estimate of drug-likeness (QED) is 0.548. The number of hydrogen-bond donors (Lipinski definition) is 1. The monoisotopic (exact) mass is 272 g/mol. The summed E-state index contributed by atoms with van der Waals surface area (Å²) < 4.78 is 0. The van der Waals surface area contributed by atoms with Crippen LogP contribution in [0.4, 0.5) is 11.4 Å². The maximum absolute atomic E-state index is 6.02. The number of anilines is 1. The van der Waals surface area contributed by atoms with E-state index in [4.69, 9.17) is 10.7 Å². The fraction of sp³-hybridized carbons (Fsp3) is 0.500. The van der Waals surface area contributed by atoms with Crippen LogP contribution in [0.25, 0.3) is 0 Å². The highest BCUT2D eigenvalue weighted by Crippen LogP contribution is 2.25. The molecule has 0 aliphatic heterocycles. The minimum Gasteiger partial charge on any atom is -0.397 e. The first kappa shape index (κ1) is 16.5. The van der Waals surface area contributed by atoms with E-state index in [0.29, 0.717) is 11.8 Å². The fourth-order valence-corrected chi connectivity index (χ4v) is 2.21. The van der Waals surface area contributed by atoms with Gasteiger partial charge in [0, 0.05) is 5.71 Å². The zero-order valence-electron chi connectivity index (χ0n) is 13.5. The van der Waals surface area contributed by atoms with Gasteiger partial charge in [-0.25, -0.2) is 0 Å². The molecule has 0 fully saturated rings. The Kier molecular flexibility index (Phi) is 6.50. The van der Waals surface area contributed by atoms with E-state index in [1.54, 1.807) is 0 Å². The Balaban J connectivity index is 3.14. The number of benzene rings is 1. The fourth-order valence-electron chi connectivity index (χ4n) is 2.21. The van der Waals surface area contributed by atoms with Crippen LogP contribution in [0.1, 0.15) is 47.5 Å². The van der Waals surface area contributed by atoms with Crippen LogP contribution >= 0.6 is 0 Å². The lowest BCUT2D eigenvalue weighted by Gasteiger charge is -2.15. The number of rotatable bonds is 6. The van der Waals surface area contributed by atoms with Gasteiger partial charge in [-0.15, -0.1) is 0 Å². The molecule has 1 aromatic rings. The summed E-state index contributed by atoms with van der Waals surface area (Å²) in [4.78, 5) is 4.85. The summed E-state index contributed by atoms with van der Waals surface area (Å²) in [6.07, 6.45) is 4.25. The highest BCUT2D eigenvalue weighted by atomic mass is 14.8. The standard InChI is InChI=1S/C18H28N2/c1-6-15(11-13(2)3)18(12-14(4)5)20-17-10-8-7-9-16(17)19/h6-10,13-14H,11-12,19H2,1-5H3/b15-6-,20-18-. The lowest BCUT2D eigenvalue weighted by Crippen LogP contribution is -2.09. The zero-order valence-corrected chi connectivity index (χ0v) is 13.5. The molecule has 2 heteroatoms. The Morgan fingerprint density at radius 1 is 1.10 bits per heavy atom. The van der Waals surface area contributed by atoms with Crippen molar-refractivity contribution in [3.05, 3.63) is 35.9 Å². The van der Waals surface area contributed by atoms with E-state index in [1.807, 2.05) is 24.3 Å². The number of aliphatic imine (C=N–C) groups is 1. The Morgan fingerprint density at radius 3 is 2.20 bits per heavy atom. The van der Waals surface area contributed by atoms with Crippen molar-refractivity contribution in [2.24, 2.45) is 16.8 Å².